The molecule has 2 aliphatic carbocycles. The van der Waals surface area contributed by atoms with Crippen LogP contribution in [0.4, 0.5) is 13.2 Å². The summed E-state index contributed by atoms with van der Waals surface area (Å²) in [4.78, 5) is 29.0. The Bertz CT molecular complexity index is 1070. The first-order valence-corrected chi connectivity index (χ1v) is 11.0. The van der Waals surface area contributed by atoms with E-state index < -0.39 is 29.2 Å². The maximum atomic E-state index is 13.2. The molecule has 0 spiro atoms. The zero-order valence-electron chi connectivity index (χ0n) is 18.3. The number of aliphatic hydroxyl groups excluding tert-OH is 1. The van der Waals surface area contributed by atoms with Gasteiger partial charge >= 0.3 is 6.18 Å². The molecule has 1 aromatic carbocycles. The van der Waals surface area contributed by atoms with E-state index in [-0.39, 0.29) is 48.5 Å². The van der Waals surface area contributed by atoms with Crippen molar-refractivity contribution in [3.63, 3.8) is 0 Å². The standard InChI is InChI=1S/C25H24F3NO5/c26-25(27,28)20-9-8-18(24(32)21-22(30)16-6-7-17(12-16)23(21)31)19(29-20)14-34-11-10-33-13-15-4-2-1-3-5-15/h1-5,8-9,16-17,32H,6-7,10-14H2. The van der Waals surface area contributed by atoms with Gasteiger partial charge in [0, 0.05) is 17.4 Å². The highest BCUT2D eigenvalue weighted by atomic mass is 19.4. The zero-order chi connectivity index (χ0) is 24.3. The second-order valence-corrected chi connectivity index (χ2v) is 8.44. The van der Waals surface area contributed by atoms with Gasteiger partial charge in [-0.05, 0) is 37.0 Å². The van der Waals surface area contributed by atoms with Gasteiger partial charge in [-0.15, -0.1) is 0 Å². The highest BCUT2D eigenvalue weighted by Crippen LogP contribution is 2.42. The molecule has 0 saturated heterocycles. The predicted octanol–water partition coefficient (Wildman–Crippen LogP) is 4.67. The third kappa shape index (κ3) is 5.20. The average Bonchev–Trinajstić information content (AvgIpc) is 3.27. The minimum atomic E-state index is -4.70. The van der Waals surface area contributed by atoms with Gasteiger partial charge in [-0.25, -0.2) is 4.98 Å². The molecule has 2 bridgehead atoms. The number of benzene rings is 1. The van der Waals surface area contributed by atoms with Crippen LogP contribution in [-0.2, 0) is 38.5 Å². The number of aromatic nitrogens is 1. The van der Waals surface area contributed by atoms with Gasteiger partial charge in [-0.3, -0.25) is 9.59 Å². The molecule has 1 heterocycles. The summed E-state index contributed by atoms with van der Waals surface area (Å²) in [6.07, 6.45) is -3.12. The molecule has 0 amide bonds. The fourth-order valence-corrected chi connectivity index (χ4v) is 4.39. The van der Waals surface area contributed by atoms with Gasteiger partial charge in [0.25, 0.3) is 0 Å². The first-order valence-electron chi connectivity index (χ1n) is 11.0. The molecule has 9 heteroatoms. The quantitative estimate of drug-likeness (QED) is 0.259. The number of ketones is 2. The second-order valence-electron chi connectivity index (χ2n) is 8.44. The molecule has 0 aliphatic heterocycles. The summed E-state index contributed by atoms with van der Waals surface area (Å²) in [5, 5.41) is 10.8. The maximum absolute atomic E-state index is 13.2. The maximum Gasteiger partial charge on any atom is 0.433 e. The Hall–Kier alpha value is -3.04. The number of allylic oxidation sites excluding steroid dienone is 1. The lowest BCUT2D eigenvalue weighted by Crippen LogP contribution is -2.30. The summed E-state index contributed by atoms with van der Waals surface area (Å²) < 4.78 is 50.6. The number of hydrogen-bond acceptors (Lipinski definition) is 6. The Morgan fingerprint density at radius 3 is 2.18 bits per heavy atom. The van der Waals surface area contributed by atoms with Crippen molar-refractivity contribution < 1.29 is 37.3 Å². The number of Topliss-reactive ketones (excluding diaryl/α,β-unsaturated/α-hetero) is 2. The number of aliphatic hydroxyl groups is 1. The Morgan fingerprint density at radius 1 is 0.941 bits per heavy atom. The number of nitrogens with zero attached hydrogens (tertiary/aromatic N) is 1. The minimum Gasteiger partial charge on any atom is -0.506 e. The highest BCUT2D eigenvalue weighted by Gasteiger charge is 2.45. The van der Waals surface area contributed by atoms with Crippen molar-refractivity contribution in [1.29, 1.82) is 0 Å². The van der Waals surface area contributed by atoms with Crippen molar-refractivity contribution >= 4 is 17.3 Å². The predicted molar refractivity (Wildman–Crippen MR) is 115 cm³/mol. The number of hydrogen-bond donors (Lipinski definition) is 1. The number of pyridine rings is 1. The number of carbonyl (C=O) groups is 2. The summed E-state index contributed by atoms with van der Waals surface area (Å²) in [6.45, 7) is 0.261. The molecular weight excluding hydrogens is 451 g/mol. The van der Waals surface area contributed by atoms with Gasteiger partial charge in [-0.1, -0.05) is 30.3 Å². The molecule has 6 nitrogen and oxygen atoms in total. The number of alkyl halides is 3. The molecule has 1 aromatic heterocycles. The molecule has 4 rings (SSSR count). The van der Waals surface area contributed by atoms with Crippen LogP contribution < -0.4 is 0 Å². The van der Waals surface area contributed by atoms with E-state index in [2.05, 4.69) is 4.98 Å². The van der Waals surface area contributed by atoms with Crippen LogP contribution in [0.2, 0.25) is 0 Å². The first kappa shape index (κ1) is 24.1. The monoisotopic (exact) mass is 475 g/mol. The second kappa shape index (κ2) is 10.1. The van der Waals surface area contributed by atoms with E-state index in [0.717, 1.165) is 11.6 Å². The molecule has 2 aromatic rings. The molecule has 2 saturated carbocycles. The number of halogens is 3. The summed E-state index contributed by atoms with van der Waals surface area (Å²) >= 11 is 0. The van der Waals surface area contributed by atoms with Crippen molar-refractivity contribution in [2.45, 2.75) is 38.7 Å². The van der Waals surface area contributed by atoms with E-state index in [1.807, 2.05) is 30.3 Å². The van der Waals surface area contributed by atoms with Crippen molar-refractivity contribution in [2.24, 2.45) is 11.8 Å². The molecule has 1 N–H and O–H groups in total. The van der Waals surface area contributed by atoms with Crippen molar-refractivity contribution in [3.05, 3.63) is 70.6 Å². The van der Waals surface area contributed by atoms with Crippen LogP contribution in [0.5, 0.6) is 0 Å². The number of ether oxygens (including phenoxy) is 2. The van der Waals surface area contributed by atoms with Gasteiger partial charge in [0.1, 0.15) is 17.0 Å². The Kier molecular flexibility index (Phi) is 7.13. The van der Waals surface area contributed by atoms with Crippen LogP contribution in [0.15, 0.2) is 48.0 Å². The molecule has 2 aliphatic rings. The van der Waals surface area contributed by atoms with Gasteiger partial charge < -0.3 is 14.6 Å². The van der Waals surface area contributed by atoms with E-state index in [1.165, 1.54) is 0 Å². The highest BCUT2D eigenvalue weighted by molar-refractivity contribution is 6.27. The Balaban J connectivity index is 1.50. The van der Waals surface area contributed by atoms with E-state index in [1.54, 1.807) is 0 Å². The van der Waals surface area contributed by atoms with Crippen LogP contribution >= 0.6 is 0 Å². The van der Waals surface area contributed by atoms with E-state index in [9.17, 15) is 27.9 Å². The largest absolute Gasteiger partial charge is 0.506 e. The normalized spacial score (nSPS) is 20.1. The summed E-state index contributed by atoms with van der Waals surface area (Å²) in [6, 6.07) is 11.2. The Morgan fingerprint density at radius 2 is 1.56 bits per heavy atom. The molecule has 0 radical (unpaired) electrons. The number of rotatable bonds is 8. The molecule has 2 unspecified atom stereocenters. The van der Waals surface area contributed by atoms with Crippen molar-refractivity contribution in [3.8, 4) is 0 Å². The van der Waals surface area contributed by atoms with E-state index in [0.29, 0.717) is 31.9 Å². The zero-order valence-corrected chi connectivity index (χ0v) is 18.3. The molecule has 2 fully saturated rings. The molecule has 2 atom stereocenters. The lowest BCUT2D eigenvalue weighted by Gasteiger charge is -2.21. The van der Waals surface area contributed by atoms with Crippen LogP contribution in [0, 0.1) is 11.8 Å². The summed E-state index contributed by atoms with van der Waals surface area (Å²) in [5.74, 6) is -2.24. The smallest absolute Gasteiger partial charge is 0.433 e. The topological polar surface area (TPSA) is 85.7 Å². The minimum absolute atomic E-state index is 0.0730. The van der Waals surface area contributed by atoms with Crippen LogP contribution in [0.25, 0.3) is 5.76 Å². The van der Waals surface area contributed by atoms with E-state index in [4.69, 9.17) is 9.47 Å². The number of fused-ring (bicyclic) bond motifs is 2. The summed E-state index contributed by atoms with van der Waals surface area (Å²) in [5.41, 5.74) is -0.851. The number of carbonyl (C=O) groups excluding carboxylic acids is 2. The lowest BCUT2D eigenvalue weighted by atomic mass is 9.81. The van der Waals surface area contributed by atoms with Crippen LogP contribution in [-0.4, -0.2) is 34.9 Å². The molecular formula is C25H24F3NO5. The summed E-state index contributed by atoms with van der Waals surface area (Å²) in [7, 11) is 0. The van der Waals surface area contributed by atoms with E-state index >= 15 is 0 Å². The average molecular weight is 475 g/mol. The van der Waals surface area contributed by atoms with Crippen molar-refractivity contribution in [1.82, 2.24) is 4.98 Å². The third-order valence-electron chi connectivity index (χ3n) is 6.15. The van der Waals surface area contributed by atoms with Gasteiger partial charge in [0.15, 0.2) is 11.6 Å². The molecule has 34 heavy (non-hydrogen) atoms. The van der Waals surface area contributed by atoms with Crippen LogP contribution in [0.3, 0.4) is 0 Å². The molecule has 180 valence electrons. The van der Waals surface area contributed by atoms with Crippen molar-refractivity contribution in [2.75, 3.05) is 13.2 Å². The van der Waals surface area contributed by atoms with Gasteiger partial charge in [0.05, 0.1) is 32.1 Å². The lowest BCUT2D eigenvalue weighted by molar-refractivity contribution is -0.141. The fourth-order valence-electron chi connectivity index (χ4n) is 4.39. The SMILES string of the molecule is O=C1C(=C(O)c2ccc(C(F)(F)F)nc2COCCOCc2ccccc2)C(=O)C2CCC1C2. The van der Waals surface area contributed by atoms with Crippen LogP contribution in [0.1, 0.15) is 41.8 Å². The Labute approximate surface area is 194 Å². The first-order chi connectivity index (χ1) is 16.3. The van der Waals surface area contributed by atoms with Gasteiger partial charge in [0.2, 0.25) is 0 Å². The van der Waals surface area contributed by atoms with Gasteiger partial charge in [-0.2, -0.15) is 13.2 Å². The fraction of sp³-hybridized carbons (Fsp3) is 0.400. The third-order valence-corrected chi connectivity index (χ3v) is 6.15.